The van der Waals surface area contributed by atoms with Gasteiger partial charge in [-0.3, -0.25) is 0 Å². The zero-order valence-electron chi connectivity index (χ0n) is 7.31. The molecule has 1 aromatic rings. The molecule has 0 heterocycles. The summed E-state index contributed by atoms with van der Waals surface area (Å²) >= 11 is 0. The van der Waals surface area contributed by atoms with Crippen molar-refractivity contribution in [2.24, 2.45) is 0 Å². The smallest absolute Gasteiger partial charge is 0.429 e. The van der Waals surface area contributed by atoms with Crippen LogP contribution in [0.3, 0.4) is 0 Å². The Balaban J connectivity index is 0.000000354. The lowest BCUT2D eigenvalue weighted by Crippen LogP contribution is -2.07. The molecule has 2 N–H and O–H groups in total. The van der Waals surface area contributed by atoms with Crippen LogP contribution in [0.15, 0.2) is 30.3 Å². The molecule has 1 rings (SSSR count). The number of hydrogen-bond donors (Lipinski definition) is 2. The summed E-state index contributed by atoms with van der Waals surface area (Å²) in [6.07, 6.45) is 0. The Kier molecular flexibility index (Phi) is 6.14. The fourth-order valence-corrected chi connectivity index (χ4v) is 0.726. The Bertz CT molecular complexity index is 192. The predicted molar refractivity (Wildman–Crippen MR) is 51.0 cm³/mol. The number of nitrogens with zero attached hydrogens (tertiary/aromatic N) is 1. The Morgan fingerprint density at radius 1 is 1.08 bits per heavy atom. The Morgan fingerprint density at radius 3 is 1.75 bits per heavy atom. The molecular weight excluding hydrogens is 153 g/mol. The molecule has 0 aliphatic heterocycles. The van der Waals surface area contributed by atoms with Crippen molar-refractivity contribution in [3.05, 3.63) is 30.3 Å². The quantitative estimate of drug-likeness (QED) is 0.588. The maximum absolute atomic E-state index is 7.00. The van der Waals surface area contributed by atoms with Crippen LogP contribution in [0.2, 0.25) is 0 Å². The van der Waals surface area contributed by atoms with E-state index in [1.165, 1.54) is 5.69 Å². The molecular formula is C8H13BNO2. The van der Waals surface area contributed by atoms with Gasteiger partial charge in [-0.2, -0.15) is 0 Å². The van der Waals surface area contributed by atoms with Gasteiger partial charge >= 0.3 is 7.69 Å². The minimum Gasteiger partial charge on any atom is -0.429 e. The van der Waals surface area contributed by atoms with Crippen LogP contribution in [-0.4, -0.2) is 31.8 Å². The molecule has 0 saturated carbocycles. The van der Waals surface area contributed by atoms with E-state index in [0.29, 0.717) is 0 Å². The summed E-state index contributed by atoms with van der Waals surface area (Å²) in [5.41, 5.74) is 1.25. The molecule has 0 atom stereocenters. The van der Waals surface area contributed by atoms with Crippen molar-refractivity contribution in [3.63, 3.8) is 0 Å². The van der Waals surface area contributed by atoms with Crippen molar-refractivity contribution in [3.8, 4) is 0 Å². The lowest BCUT2D eigenvalue weighted by atomic mass is 10.3. The van der Waals surface area contributed by atoms with Gasteiger partial charge in [0.15, 0.2) is 0 Å². The fourth-order valence-electron chi connectivity index (χ4n) is 0.726. The fraction of sp³-hybridized carbons (Fsp3) is 0.250. The predicted octanol–water partition coefficient (Wildman–Crippen LogP) is 0.258. The maximum atomic E-state index is 7.00. The Morgan fingerprint density at radius 2 is 1.50 bits per heavy atom. The molecule has 1 radical (unpaired) electrons. The van der Waals surface area contributed by atoms with Crippen LogP contribution >= 0.6 is 0 Å². The average molecular weight is 166 g/mol. The van der Waals surface area contributed by atoms with Crippen molar-refractivity contribution in [1.82, 2.24) is 0 Å². The highest BCUT2D eigenvalue weighted by Gasteiger charge is 1.87. The first kappa shape index (κ1) is 11.0. The van der Waals surface area contributed by atoms with Crippen molar-refractivity contribution in [2.75, 3.05) is 19.0 Å². The van der Waals surface area contributed by atoms with Gasteiger partial charge < -0.3 is 14.9 Å². The number of anilines is 1. The van der Waals surface area contributed by atoms with Crippen LogP contribution in [0.5, 0.6) is 0 Å². The highest BCUT2D eigenvalue weighted by molar-refractivity contribution is 6.13. The third-order valence-electron chi connectivity index (χ3n) is 1.27. The topological polar surface area (TPSA) is 43.7 Å². The summed E-state index contributed by atoms with van der Waals surface area (Å²) in [5.74, 6) is 0. The number of para-hydroxylation sites is 1. The van der Waals surface area contributed by atoms with E-state index < -0.39 is 0 Å². The third kappa shape index (κ3) is 4.76. The van der Waals surface area contributed by atoms with E-state index in [9.17, 15) is 0 Å². The average Bonchev–Trinajstić information content (AvgIpc) is 2.07. The largest absolute Gasteiger partial charge is 0.482 e. The first-order valence-electron chi connectivity index (χ1n) is 3.55. The van der Waals surface area contributed by atoms with Crippen LogP contribution in [0.4, 0.5) is 5.69 Å². The lowest BCUT2D eigenvalue weighted by molar-refractivity contribution is 0.448. The number of rotatable bonds is 1. The van der Waals surface area contributed by atoms with Crippen molar-refractivity contribution >= 4 is 13.4 Å². The van der Waals surface area contributed by atoms with Gasteiger partial charge in [0.25, 0.3) is 0 Å². The minimum atomic E-state index is 0. The van der Waals surface area contributed by atoms with Gasteiger partial charge in [0.05, 0.1) is 0 Å². The van der Waals surface area contributed by atoms with Crippen LogP contribution < -0.4 is 4.90 Å². The Hall–Kier alpha value is -0.995. The van der Waals surface area contributed by atoms with E-state index in [-0.39, 0.29) is 7.69 Å². The molecule has 65 valence electrons. The normalized spacial score (nSPS) is 8.00. The second kappa shape index (κ2) is 6.70. The van der Waals surface area contributed by atoms with Crippen LogP contribution in [0, 0.1) is 0 Å². The molecule has 3 nitrogen and oxygen atoms in total. The van der Waals surface area contributed by atoms with Crippen molar-refractivity contribution in [2.45, 2.75) is 0 Å². The summed E-state index contributed by atoms with van der Waals surface area (Å²) in [5, 5.41) is 14.0. The molecule has 0 aliphatic rings. The third-order valence-corrected chi connectivity index (χ3v) is 1.27. The van der Waals surface area contributed by atoms with Crippen molar-refractivity contribution < 1.29 is 10.0 Å². The second-order valence-corrected chi connectivity index (χ2v) is 2.35. The molecule has 4 heteroatoms. The molecule has 0 spiro atoms. The molecule has 0 aromatic heterocycles. The SMILES string of the molecule is CN(C)c1ccccc1.O[B]O. The summed E-state index contributed by atoms with van der Waals surface area (Å²) in [7, 11) is 4.07. The highest BCUT2D eigenvalue weighted by Crippen LogP contribution is 2.07. The van der Waals surface area contributed by atoms with Gasteiger partial charge in [-0.15, -0.1) is 0 Å². The first-order chi connectivity index (χ1) is 5.72. The summed E-state index contributed by atoms with van der Waals surface area (Å²) < 4.78 is 0. The number of hydrogen-bond acceptors (Lipinski definition) is 3. The van der Waals surface area contributed by atoms with Gasteiger partial charge in [-0.25, -0.2) is 0 Å². The molecule has 0 amide bonds. The molecule has 0 bridgehead atoms. The van der Waals surface area contributed by atoms with E-state index in [1.54, 1.807) is 0 Å². The van der Waals surface area contributed by atoms with E-state index in [4.69, 9.17) is 10.0 Å². The maximum Gasteiger partial charge on any atom is 0.482 e. The summed E-state index contributed by atoms with van der Waals surface area (Å²) in [6, 6.07) is 10.3. The molecule has 0 fully saturated rings. The van der Waals surface area contributed by atoms with Gasteiger partial charge in [0, 0.05) is 19.8 Å². The van der Waals surface area contributed by atoms with Crippen molar-refractivity contribution in [1.29, 1.82) is 0 Å². The zero-order valence-corrected chi connectivity index (χ0v) is 7.31. The molecule has 0 saturated heterocycles. The number of benzene rings is 1. The minimum absolute atomic E-state index is 0. The summed E-state index contributed by atoms with van der Waals surface area (Å²) in [4.78, 5) is 2.08. The van der Waals surface area contributed by atoms with E-state index >= 15 is 0 Å². The van der Waals surface area contributed by atoms with Crippen LogP contribution in [-0.2, 0) is 0 Å². The van der Waals surface area contributed by atoms with Gasteiger partial charge in [-0.1, -0.05) is 18.2 Å². The van der Waals surface area contributed by atoms with Crippen LogP contribution in [0.1, 0.15) is 0 Å². The van der Waals surface area contributed by atoms with Gasteiger partial charge in [0.1, 0.15) is 0 Å². The first-order valence-corrected chi connectivity index (χ1v) is 3.55. The molecule has 0 unspecified atom stereocenters. The molecule has 1 aromatic carbocycles. The second-order valence-electron chi connectivity index (χ2n) is 2.35. The monoisotopic (exact) mass is 166 g/mol. The van der Waals surface area contributed by atoms with Gasteiger partial charge in [-0.05, 0) is 12.1 Å². The standard InChI is InChI=1S/C8H11N.BH2O2/c1-9(2)8-6-4-3-5-7-8;2-1-3/h3-7H,1-2H3;2-3H. The molecule has 12 heavy (non-hydrogen) atoms. The Labute approximate surface area is 73.6 Å². The highest BCUT2D eigenvalue weighted by atomic mass is 16.4. The van der Waals surface area contributed by atoms with E-state index in [2.05, 4.69) is 17.0 Å². The molecule has 0 aliphatic carbocycles. The van der Waals surface area contributed by atoms with Crippen LogP contribution in [0.25, 0.3) is 0 Å². The van der Waals surface area contributed by atoms with E-state index in [0.717, 1.165) is 0 Å². The summed E-state index contributed by atoms with van der Waals surface area (Å²) in [6.45, 7) is 0. The zero-order chi connectivity index (χ0) is 9.40. The van der Waals surface area contributed by atoms with E-state index in [1.807, 2.05) is 32.3 Å². The lowest BCUT2D eigenvalue weighted by Gasteiger charge is -2.10. The van der Waals surface area contributed by atoms with Gasteiger partial charge in [0.2, 0.25) is 0 Å².